The minimum absolute atomic E-state index is 0.0274. The molecule has 0 saturated heterocycles. The van der Waals surface area contributed by atoms with Gasteiger partial charge >= 0.3 is 0 Å². The van der Waals surface area contributed by atoms with E-state index in [-0.39, 0.29) is 24.5 Å². The fourth-order valence-corrected chi connectivity index (χ4v) is 4.42. The molecule has 0 aromatic carbocycles. The molecule has 0 heterocycles. The number of methoxy groups -OCH3 is 1. The molecule has 5 nitrogen and oxygen atoms in total. The fourth-order valence-electron chi connectivity index (χ4n) is 3.02. The zero-order valence-electron chi connectivity index (χ0n) is 19.6. The third kappa shape index (κ3) is 11.9. The van der Waals surface area contributed by atoms with Gasteiger partial charge in [0.2, 0.25) is 0 Å². The van der Waals surface area contributed by atoms with E-state index < -0.39 is 20.5 Å². The molecule has 0 fully saturated rings. The van der Waals surface area contributed by atoms with Gasteiger partial charge in [0.05, 0.1) is 12.7 Å². The van der Waals surface area contributed by atoms with Gasteiger partial charge in [-0.15, -0.1) is 0 Å². The van der Waals surface area contributed by atoms with Gasteiger partial charge in [0, 0.05) is 19.6 Å². The van der Waals surface area contributed by atoms with Crippen LogP contribution >= 0.6 is 0 Å². The molecule has 0 rings (SSSR count). The number of hydrogen-bond acceptors (Lipinski definition) is 5. The third-order valence-electron chi connectivity index (χ3n) is 5.91. The van der Waals surface area contributed by atoms with E-state index in [0.29, 0.717) is 6.42 Å². The van der Waals surface area contributed by atoms with E-state index in [1.165, 1.54) is 38.5 Å². The molecule has 170 valence electrons. The van der Waals surface area contributed by atoms with E-state index in [2.05, 4.69) is 40.8 Å². The van der Waals surface area contributed by atoms with Crippen LogP contribution in [0, 0.1) is 0 Å². The van der Waals surface area contributed by atoms with Crippen molar-refractivity contribution in [3.63, 3.8) is 0 Å². The summed E-state index contributed by atoms with van der Waals surface area (Å²) in [7, 11) is -0.368. The molecule has 0 aliphatic heterocycles. The van der Waals surface area contributed by atoms with Crippen molar-refractivity contribution in [2.24, 2.45) is 0 Å². The fraction of sp³-hybridized carbons (Fsp3) is 1.00. The Morgan fingerprint density at radius 2 is 1.54 bits per heavy atom. The van der Waals surface area contributed by atoms with E-state index in [1.807, 2.05) is 0 Å². The molecule has 2 N–H and O–H groups in total. The Labute approximate surface area is 175 Å². The topological polar surface area (TPSA) is 68.2 Å². The summed E-state index contributed by atoms with van der Waals surface area (Å²) >= 11 is 0. The summed E-state index contributed by atoms with van der Waals surface area (Å²) in [4.78, 5) is 0. The second-order valence-corrected chi connectivity index (χ2v) is 14.3. The van der Waals surface area contributed by atoms with E-state index in [0.717, 1.165) is 12.8 Å². The molecule has 0 aliphatic carbocycles. The molecule has 0 radical (unpaired) electrons. The first kappa shape index (κ1) is 28.0. The van der Waals surface area contributed by atoms with Crippen molar-refractivity contribution >= 4 is 8.32 Å². The molecular formula is C22H48O5Si. The van der Waals surface area contributed by atoms with Crippen LogP contribution in [0.15, 0.2) is 0 Å². The minimum atomic E-state index is -1.93. The van der Waals surface area contributed by atoms with Crippen molar-refractivity contribution in [3.05, 3.63) is 0 Å². The van der Waals surface area contributed by atoms with Gasteiger partial charge in [-0.05, 0) is 24.6 Å². The lowest BCUT2D eigenvalue weighted by molar-refractivity contribution is -0.131. The number of aliphatic hydroxyl groups excluding tert-OH is 2. The first-order chi connectivity index (χ1) is 13.1. The van der Waals surface area contributed by atoms with Crippen LogP contribution in [0.25, 0.3) is 0 Å². The van der Waals surface area contributed by atoms with Gasteiger partial charge in [-0.1, -0.05) is 72.6 Å². The molecule has 0 aromatic heterocycles. The predicted molar refractivity (Wildman–Crippen MR) is 119 cm³/mol. The highest BCUT2D eigenvalue weighted by molar-refractivity contribution is 6.74. The molecule has 0 aromatic rings. The third-order valence-corrected chi connectivity index (χ3v) is 10.4. The van der Waals surface area contributed by atoms with Gasteiger partial charge < -0.3 is 24.1 Å². The second kappa shape index (κ2) is 14.9. The van der Waals surface area contributed by atoms with Gasteiger partial charge in [0.1, 0.15) is 12.9 Å². The number of unbranched alkanes of at least 4 members (excludes halogenated alkanes) is 6. The zero-order chi connectivity index (χ0) is 21.6. The second-order valence-electron chi connectivity index (χ2n) is 9.51. The maximum absolute atomic E-state index is 10.2. The quantitative estimate of drug-likeness (QED) is 0.191. The van der Waals surface area contributed by atoms with Crippen LogP contribution in [0.2, 0.25) is 18.1 Å². The van der Waals surface area contributed by atoms with Gasteiger partial charge in [0.15, 0.2) is 8.32 Å². The Bertz CT molecular complexity index is 370. The smallest absolute Gasteiger partial charge is 0.192 e. The monoisotopic (exact) mass is 420 g/mol. The maximum Gasteiger partial charge on any atom is 0.192 e. The predicted octanol–water partition coefficient (Wildman–Crippen LogP) is 5.25. The highest BCUT2D eigenvalue weighted by atomic mass is 28.4. The van der Waals surface area contributed by atoms with Crippen molar-refractivity contribution in [2.45, 2.75) is 122 Å². The standard InChI is InChI=1S/C22H48O5Si/c1-8-9-10-11-12-13-14-15-19(27-28(6,7)22(2,3)4)16-21(20(24)17-23)26-18-25-5/h19-21,23-24H,8-18H2,1-7H3/t19-,20+,21+/m0/s1. The zero-order valence-corrected chi connectivity index (χ0v) is 20.6. The molecule has 3 atom stereocenters. The summed E-state index contributed by atoms with van der Waals surface area (Å²) in [6.45, 7) is 13.3. The molecule has 0 bridgehead atoms. The van der Waals surface area contributed by atoms with E-state index in [1.54, 1.807) is 7.11 Å². The highest BCUT2D eigenvalue weighted by Crippen LogP contribution is 2.38. The summed E-state index contributed by atoms with van der Waals surface area (Å²) in [5.41, 5.74) is 0. The van der Waals surface area contributed by atoms with E-state index in [9.17, 15) is 10.2 Å². The van der Waals surface area contributed by atoms with E-state index >= 15 is 0 Å². The number of ether oxygens (including phenoxy) is 2. The van der Waals surface area contributed by atoms with Gasteiger partial charge in [-0.25, -0.2) is 0 Å². The van der Waals surface area contributed by atoms with Crippen molar-refractivity contribution in [1.82, 2.24) is 0 Å². The largest absolute Gasteiger partial charge is 0.414 e. The summed E-state index contributed by atoms with van der Waals surface area (Å²) in [5, 5.41) is 19.7. The molecule has 0 saturated carbocycles. The lowest BCUT2D eigenvalue weighted by atomic mass is 10.0. The van der Waals surface area contributed by atoms with Crippen LogP contribution in [0.3, 0.4) is 0 Å². The van der Waals surface area contributed by atoms with E-state index in [4.69, 9.17) is 13.9 Å². The maximum atomic E-state index is 10.2. The van der Waals surface area contributed by atoms with Gasteiger partial charge in [0.25, 0.3) is 0 Å². The average molecular weight is 421 g/mol. The molecule has 0 spiro atoms. The van der Waals surface area contributed by atoms with Crippen LogP contribution in [0.1, 0.15) is 85.5 Å². The Balaban J connectivity index is 4.85. The Morgan fingerprint density at radius 3 is 2.04 bits per heavy atom. The van der Waals surface area contributed by atoms with Crippen molar-refractivity contribution in [1.29, 1.82) is 0 Å². The van der Waals surface area contributed by atoms with Crippen LogP contribution < -0.4 is 0 Å². The van der Waals surface area contributed by atoms with Crippen LogP contribution in [-0.2, 0) is 13.9 Å². The van der Waals surface area contributed by atoms with Crippen molar-refractivity contribution in [2.75, 3.05) is 20.5 Å². The SMILES string of the molecule is CCCCCCCCC[C@@H](C[C@@H](OCOC)[C@H](O)CO)O[Si](C)(C)C(C)(C)C. The Morgan fingerprint density at radius 1 is 0.964 bits per heavy atom. The van der Waals surface area contributed by atoms with Crippen LogP contribution in [0.4, 0.5) is 0 Å². The lowest BCUT2D eigenvalue weighted by Crippen LogP contribution is -2.46. The Hall–Kier alpha value is 0.0169. The van der Waals surface area contributed by atoms with Gasteiger partial charge in [-0.3, -0.25) is 0 Å². The first-order valence-corrected chi connectivity index (χ1v) is 14.1. The first-order valence-electron chi connectivity index (χ1n) is 11.2. The van der Waals surface area contributed by atoms with Crippen LogP contribution in [0.5, 0.6) is 0 Å². The normalized spacial score (nSPS) is 16.2. The molecule has 28 heavy (non-hydrogen) atoms. The average Bonchev–Trinajstić information content (AvgIpc) is 2.62. The molecule has 0 aliphatic rings. The molecule has 0 unspecified atom stereocenters. The molecule has 6 heteroatoms. The number of rotatable bonds is 17. The highest BCUT2D eigenvalue weighted by Gasteiger charge is 2.39. The Kier molecular flexibility index (Phi) is 14.9. The summed E-state index contributed by atoms with van der Waals surface area (Å²) in [6.07, 6.45) is 9.02. The minimum Gasteiger partial charge on any atom is -0.414 e. The number of aliphatic hydroxyl groups is 2. The van der Waals surface area contributed by atoms with Crippen molar-refractivity contribution < 1.29 is 24.1 Å². The number of hydrogen-bond donors (Lipinski definition) is 2. The molecule has 0 amide bonds. The van der Waals surface area contributed by atoms with Crippen LogP contribution in [-0.4, -0.2) is 57.4 Å². The van der Waals surface area contributed by atoms with Crippen molar-refractivity contribution in [3.8, 4) is 0 Å². The summed E-state index contributed by atoms with van der Waals surface area (Å²) in [5.74, 6) is 0. The lowest BCUT2D eigenvalue weighted by Gasteiger charge is -2.40. The summed E-state index contributed by atoms with van der Waals surface area (Å²) in [6, 6.07) is 0. The van der Waals surface area contributed by atoms with Gasteiger partial charge in [-0.2, -0.15) is 0 Å². The summed E-state index contributed by atoms with van der Waals surface area (Å²) < 4.78 is 17.3. The molecular weight excluding hydrogens is 372 g/mol.